The van der Waals surface area contributed by atoms with Gasteiger partial charge in [-0.1, -0.05) is 18.2 Å². The van der Waals surface area contributed by atoms with E-state index in [1.54, 1.807) is 12.1 Å². The first-order valence-electron chi connectivity index (χ1n) is 8.55. The molecule has 0 radical (unpaired) electrons. The second-order valence-electron chi connectivity index (χ2n) is 6.00. The Balaban J connectivity index is 1.60. The van der Waals surface area contributed by atoms with Crippen LogP contribution < -0.4 is 10.9 Å². The summed E-state index contributed by atoms with van der Waals surface area (Å²) in [5, 5.41) is 7.61. The van der Waals surface area contributed by atoms with Gasteiger partial charge in [-0.05, 0) is 53.6 Å². The van der Waals surface area contributed by atoms with E-state index in [1.807, 2.05) is 0 Å². The summed E-state index contributed by atoms with van der Waals surface area (Å²) in [5.41, 5.74) is 6.29. The van der Waals surface area contributed by atoms with E-state index < -0.39 is 29.2 Å². The topological polar surface area (TPSA) is 65.8 Å². The maximum Gasteiger partial charge on any atom is 0.271 e. The van der Waals surface area contributed by atoms with E-state index in [-0.39, 0.29) is 11.1 Å². The van der Waals surface area contributed by atoms with Gasteiger partial charge in [-0.2, -0.15) is 10.2 Å². The van der Waals surface area contributed by atoms with Crippen LogP contribution in [0.2, 0.25) is 0 Å². The van der Waals surface area contributed by atoms with E-state index in [1.165, 1.54) is 36.7 Å². The summed E-state index contributed by atoms with van der Waals surface area (Å²) >= 11 is 0. The number of hydrogen-bond donors (Lipinski definition) is 2. The maximum absolute atomic E-state index is 13.2. The lowest BCUT2D eigenvalue weighted by Crippen LogP contribution is -2.17. The van der Waals surface area contributed by atoms with E-state index >= 15 is 0 Å². The highest BCUT2D eigenvalue weighted by Gasteiger charge is 2.06. The van der Waals surface area contributed by atoms with Crippen LogP contribution in [0.4, 0.5) is 23.2 Å². The van der Waals surface area contributed by atoms with Gasteiger partial charge in [-0.3, -0.25) is 10.2 Å². The monoisotopic (exact) mass is 414 g/mol. The van der Waals surface area contributed by atoms with Crippen LogP contribution in [-0.4, -0.2) is 18.3 Å². The van der Waals surface area contributed by atoms with Crippen molar-refractivity contribution < 1.29 is 22.4 Å². The summed E-state index contributed by atoms with van der Waals surface area (Å²) in [6.07, 6.45) is 2.47. The SMILES string of the molecule is O=C(N/N=C/c1ccc(F)c(F)c1)c1cccc(N/N=C/c2ccc(F)c(F)c2)c1. The van der Waals surface area contributed by atoms with Gasteiger partial charge in [0.25, 0.3) is 5.91 Å². The van der Waals surface area contributed by atoms with Gasteiger partial charge in [0.05, 0.1) is 18.1 Å². The second kappa shape index (κ2) is 9.46. The second-order valence-corrected chi connectivity index (χ2v) is 6.00. The molecule has 0 spiro atoms. The maximum atomic E-state index is 13.2. The summed E-state index contributed by atoms with van der Waals surface area (Å²) in [7, 11) is 0. The van der Waals surface area contributed by atoms with Crippen LogP contribution in [0.1, 0.15) is 21.5 Å². The van der Waals surface area contributed by atoms with Crippen LogP contribution in [0.15, 0.2) is 70.9 Å². The Kier molecular flexibility index (Phi) is 6.53. The third-order valence-electron chi connectivity index (χ3n) is 3.80. The number of rotatable bonds is 6. The molecular formula is C21H14F4N4O. The number of nitrogens with one attached hydrogen (secondary N) is 2. The van der Waals surface area contributed by atoms with E-state index in [2.05, 4.69) is 21.1 Å². The van der Waals surface area contributed by atoms with Crippen LogP contribution in [-0.2, 0) is 0 Å². The molecule has 0 fully saturated rings. The lowest BCUT2D eigenvalue weighted by Gasteiger charge is -2.04. The Morgan fingerprint density at radius 3 is 1.93 bits per heavy atom. The molecule has 0 heterocycles. The minimum absolute atomic E-state index is 0.255. The molecule has 30 heavy (non-hydrogen) atoms. The zero-order chi connectivity index (χ0) is 21.5. The molecule has 0 saturated carbocycles. The molecule has 0 aliphatic carbocycles. The first-order chi connectivity index (χ1) is 14.4. The standard InChI is InChI=1S/C21H14F4N4O/c22-17-6-4-13(8-19(17)24)11-26-28-16-3-1-2-15(10-16)21(30)29-27-12-14-5-7-18(23)20(25)9-14/h1-12,28H,(H,29,30)/b26-11+,27-12+. The Hall–Kier alpha value is -4.01. The fourth-order valence-corrected chi connectivity index (χ4v) is 2.33. The molecular weight excluding hydrogens is 400 g/mol. The minimum Gasteiger partial charge on any atom is -0.278 e. The highest BCUT2D eigenvalue weighted by Crippen LogP contribution is 2.12. The van der Waals surface area contributed by atoms with E-state index in [0.29, 0.717) is 11.3 Å². The number of nitrogens with zero attached hydrogens (tertiary/aromatic N) is 2. The number of hydrogen-bond acceptors (Lipinski definition) is 4. The molecule has 3 aromatic carbocycles. The van der Waals surface area contributed by atoms with Gasteiger partial charge in [0.15, 0.2) is 23.3 Å². The summed E-state index contributed by atoms with van der Waals surface area (Å²) in [5.74, 6) is -4.48. The van der Waals surface area contributed by atoms with Crippen molar-refractivity contribution in [1.82, 2.24) is 5.43 Å². The van der Waals surface area contributed by atoms with E-state index in [4.69, 9.17) is 0 Å². The van der Waals surface area contributed by atoms with Crippen LogP contribution >= 0.6 is 0 Å². The summed E-state index contributed by atoms with van der Waals surface area (Å²) < 4.78 is 52.1. The normalized spacial score (nSPS) is 11.2. The van der Waals surface area contributed by atoms with Gasteiger partial charge in [0, 0.05) is 5.56 Å². The largest absolute Gasteiger partial charge is 0.278 e. The van der Waals surface area contributed by atoms with Crippen LogP contribution in [0.3, 0.4) is 0 Å². The van der Waals surface area contributed by atoms with Crippen molar-refractivity contribution in [3.8, 4) is 0 Å². The Morgan fingerprint density at radius 2 is 1.33 bits per heavy atom. The Bertz CT molecular complexity index is 1130. The smallest absolute Gasteiger partial charge is 0.271 e. The molecule has 0 aliphatic heterocycles. The molecule has 0 atom stereocenters. The fraction of sp³-hybridized carbons (Fsp3) is 0. The number of hydrazone groups is 2. The number of benzene rings is 3. The molecule has 2 N–H and O–H groups in total. The lowest BCUT2D eigenvalue weighted by atomic mass is 10.2. The molecule has 0 aromatic heterocycles. The zero-order valence-corrected chi connectivity index (χ0v) is 15.2. The Labute approximate surface area is 168 Å². The van der Waals surface area contributed by atoms with Gasteiger partial charge in [0.2, 0.25) is 0 Å². The van der Waals surface area contributed by atoms with Crippen LogP contribution in [0, 0.1) is 23.3 Å². The van der Waals surface area contributed by atoms with Crippen LogP contribution in [0.25, 0.3) is 0 Å². The molecule has 5 nitrogen and oxygen atoms in total. The molecule has 152 valence electrons. The molecule has 1 amide bonds. The lowest BCUT2D eigenvalue weighted by molar-refractivity contribution is 0.0955. The van der Waals surface area contributed by atoms with Crippen molar-refractivity contribution in [2.75, 3.05) is 5.43 Å². The van der Waals surface area contributed by atoms with Crippen molar-refractivity contribution in [3.63, 3.8) is 0 Å². The predicted octanol–water partition coefficient (Wildman–Crippen LogP) is 4.45. The highest BCUT2D eigenvalue weighted by atomic mass is 19.2. The van der Waals surface area contributed by atoms with Gasteiger partial charge in [-0.25, -0.2) is 23.0 Å². The van der Waals surface area contributed by atoms with Crippen molar-refractivity contribution >= 4 is 24.0 Å². The van der Waals surface area contributed by atoms with Gasteiger partial charge >= 0.3 is 0 Å². The number of carbonyl (C=O) groups excluding carboxylic acids is 1. The van der Waals surface area contributed by atoms with Crippen molar-refractivity contribution in [2.45, 2.75) is 0 Å². The highest BCUT2D eigenvalue weighted by molar-refractivity contribution is 5.95. The average molecular weight is 414 g/mol. The number of anilines is 1. The quantitative estimate of drug-likeness (QED) is 0.356. The van der Waals surface area contributed by atoms with Gasteiger partial charge in [-0.15, -0.1) is 0 Å². The number of carbonyl (C=O) groups is 1. The summed E-state index contributed by atoms with van der Waals surface area (Å²) in [6.45, 7) is 0. The third kappa shape index (κ3) is 5.51. The fourth-order valence-electron chi connectivity index (χ4n) is 2.33. The van der Waals surface area contributed by atoms with Gasteiger partial charge < -0.3 is 0 Å². The zero-order valence-electron chi connectivity index (χ0n) is 15.2. The predicted molar refractivity (Wildman–Crippen MR) is 105 cm³/mol. The van der Waals surface area contributed by atoms with Crippen molar-refractivity contribution in [3.05, 3.63) is 101 Å². The number of amides is 1. The molecule has 0 unspecified atom stereocenters. The summed E-state index contributed by atoms with van der Waals surface area (Å²) in [6, 6.07) is 12.8. The minimum atomic E-state index is -1.02. The molecule has 0 bridgehead atoms. The molecule has 0 saturated heterocycles. The molecule has 9 heteroatoms. The van der Waals surface area contributed by atoms with E-state index in [9.17, 15) is 22.4 Å². The molecule has 3 rings (SSSR count). The average Bonchev–Trinajstić information content (AvgIpc) is 2.73. The van der Waals surface area contributed by atoms with Crippen molar-refractivity contribution in [2.24, 2.45) is 10.2 Å². The van der Waals surface area contributed by atoms with E-state index in [0.717, 1.165) is 24.3 Å². The third-order valence-corrected chi connectivity index (χ3v) is 3.80. The molecule has 3 aromatic rings. The first kappa shape index (κ1) is 20.7. The summed E-state index contributed by atoms with van der Waals surface area (Å²) in [4.78, 5) is 12.2. The Morgan fingerprint density at radius 1 is 0.733 bits per heavy atom. The van der Waals surface area contributed by atoms with Crippen molar-refractivity contribution in [1.29, 1.82) is 0 Å². The van der Waals surface area contributed by atoms with Crippen LogP contribution in [0.5, 0.6) is 0 Å². The van der Waals surface area contributed by atoms with Gasteiger partial charge in [0.1, 0.15) is 0 Å². The molecule has 0 aliphatic rings. The first-order valence-corrected chi connectivity index (χ1v) is 8.55. The number of halogens is 4.